The van der Waals surface area contributed by atoms with E-state index in [1.165, 1.54) is 11.3 Å². The van der Waals surface area contributed by atoms with Crippen LogP contribution in [0.15, 0.2) is 9.90 Å². The fraction of sp³-hybridized carbons (Fsp3) is 0.538. The van der Waals surface area contributed by atoms with E-state index in [-0.39, 0.29) is 29.8 Å². The van der Waals surface area contributed by atoms with Gasteiger partial charge in [0, 0.05) is 17.3 Å². The minimum atomic E-state index is -0.385. The van der Waals surface area contributed by atoms with Gasteiger partial charge in [0.05, 0.1) is 0 Å². The minimum absolute atomic E-state index is 0. The summed E-state index contributed by atoms with van der Waals surface area (Å²) < 4.78 is 5.20. The maximum absolute atomic E-state index is 12.1. The lowest BCUT2D eigenvalue weighted by Crippen LogP contribution is -2.27. The molecule has 122 valence electrons. The molecule has 22 heavy (non-hydrogen) atoms. The molecular weight excluding hydrogens is 326 g/mol. The molecule has 2 aromatic rings. The van der Waals surface area contributed by atoms with Crippen molar-refractivity contribution in [1.82, 2.24) is 20.4 Å². The number of nitrogens with two attached hydrogens (primary N) is 1. The zero-order chi connectivity index (χ0) is 15.6. The summed E-state index contributed by atoms with van der Waals surface area (Å²) in [4.78, 5) is 20.5. The summed E-state index contributed by atoms with van der Waals surface area (Å²) in [6, 6.07) is -0.385. The summed E-state index contributed by atoms with van der Waals surface area (Å²) in [7, 11) is 0. The molecule has 0 fully saturated rings. The van der Waals surface area contributed by atoms with Crippen LogP contribution in [0.25, 0.3) is 0 Å². The Bertz CT molecular complexity index is 634. The molecule has 1 unspecified atom stereocenters. The highest BCUT2D eigenvalue weighted by Crippen LogP contribution is 2.21. The fourth-order valence-electron chi connectivity index (χ4n) is 1.56. The molecule has 0 radical (unpaired) electrons. The Balaban J connectivity index is 0.00000242. The Morgan fingerprint density at radius 3 is 2.64 bits per heavy atom. The van der Waals surface area contributed by atoms with E-state index in [0.717, 1.165) is 5.01 Å². The number of carbonyl (C=O) groups excluding carboxylic acids is 1. The van der Waals surface area contributed by atoms with Crippen LogP contribution in [0.1, 0.15) is 60.9 Å². The molecule has 2 aromatic heterocycles. The van der Waals surface area contributed by atoms with Gasteiger partial charge in [-0.05, 0) is 6.92 Å². The molecule has 3 N–H and O–H groups in total. The van der Waals surface area contributed by atoms with Gasteiger partial charge in [-0.1, -0.05) is 25.9 Å². The maximum Gasteiger partial charge on any atom is 0.271 e. The first kappa shape index (κ1) is 18.5. The van der Waals surface area contributed by atoms with Crippen LogP contribution in [-0.2, 0) is 12.0 Å². The van der Waals surface area contributed by atoms with Crippen molar-refractivity contribution < 1.29 is 9.32 Å². The standard InChI is InChI=1S/C13H19N5O2S.ClH/c1-7(11-17-12(18-20-11)13(2,3)4)15-10(19)8-6-21-9(5-14)16-8;/h6-7H,5,14H2,1-4H3,(H,15,19);1H. The molecule has 1 amide bonds. The molecule has 0 saturated carbocycles. The van der Waals surface area contributed by atoms with Gasteiger partial charge in [0.25, 0.3) is 5.91 Å². The fourth-order valence-corrected chi connectivity index (χ4v) is 2.21. The highest BCUT2D eigenvalue weighted by molar-refractivity contribution is 7.09. The molecule has 0 aromatic carbocycles. The van der Waals surface area contributed by atoms with Gasteiger partial charge in [0.2, 0.25) is 5.89 Å². The van der Waals surface area contributed by atoms with Crippen molar-refractivity contribution in [2.45, 2.75) is 45.7 Å². The van der Waals surface area contributed by atoms with E-state index in [1.807, 2.05) is 20.8 Å². The summed E-state index contributed by atoms with van der Waals surface area (Å²) in [6.07, 6.45) is 0. The molecule has 2 rings (SSSR count). The van der Waals surface area contributed by atoms with E-state index in [4.69, 9.17) is 10.3 Å². The summed E-state index contributed by atoms with van der Waals surface area (Å²) in [5.41, 5.74) is 5.63. The summed E-state index contributed by atoms with van der Waals surface area (Å²) in [5.74, 6) is 0.703. The van der Waals surface area contributed by atoms with Gasteiger partial charge in [0.15, 0.2) is 5.82 Å². The lowest BCUT2D eigenvalue weighted by molar-refractivity contribution is 0.0928. The Labute approximate surface area is 139 Å². The molecule has 0 aliphatic heterocycles. The van der Waals surface area contributed by atoms with E-state index in [1.54, 1.807) is 12.3 Å². The zero-order valence-electron chi connectivity index (χ0n) is 12.9. The third-order valence-corrected chi connectivity index (χ3v) is 3.66. The quantitative estimate of drug-likeness (QED) is 0.879. The molecule has 2 heterocycles. The number of hydrogen-bond acceptors (Lipinski definition) is 7. The average Bonchev–Trinajstić information content (AvgIpc) is 3.07. The van der Waals surface area contributed by atoms with Crippen LogP contribution in [0, 0.1) is 0 Å². The first-order valence-electron chi connectivity index (χ1n) is 6.60. The van der Waals surface area contributed by atoms with Crippen molar-refractivity contribution >= 4 is 29.7 Å². The van der Waals surface area contributed by atoms with Gasteiger partial charge in [-0.3, -0.25) is 4.79 Å². The number of hydrogen-bond donors (Lipinski definition) is 2. The molecule has 0 aliphatic rings. The van der Waals surface area contributed by atoms with Gasteiger partial charge in [0.1, 0.15) is 16.7 Å². The van der Waals surface area contributed by atoms with Crippen LogP contribution in [0.3, 0.4) is 0 Å². The van der Waals surface area contributed by atoms with Crippen LogP contribution in [-0.4, -0.2) is 21.0 Å². The summed E-state index contributed by atoms with van der Waals surface area (Å²) in [6.45, 7) is 8.09. The van der Waals surface area contributed by atoms with Crippen LogP contribution in [0.2, 0.25) is 0 Å². The number of amides is 1. The van der Waals surface area contributed by atoms with Gasteiger partial charge in [-0.25, -0.2) is 4.98 Å². The molecule has 0 bridgehead atoms. The number of carbonyl (C=O) groups is 1. The number of thiazole rings is 1. The zero-order valence-corrected chi connectivity index (χ0v) is 14.5. The number of aromatic nitrogens is 3. The van der Waals surface area contributed by atoms with Gasteiger partial charge in [-0.15, -0.1) is 23.7 Å². The average molecular weight is 346 g/mol. The highest BCUT2D eigenvalue weighted by Gasteiger charge is 2.24. The van der Waals surface area contributed by atoms with E-state index in [9.17, 15) is 4.79 Å². The molecule has 0 aliphatic carbocycles. The van der Waals surface area contributed by atoms with Crippen LogP contribution in [0.5, 0.6) is 0 Å². The van der Waals surface area contributed by atoms with Crippen molar-refractivity contribution in [3.8, 4) is 0 Å². The first-order valence-corrected chi connectivity index (χ1v) is 7.48. The van der Waals surface area contributed by atoms with Crippen molar-refractivity contribution in [1.29, 1.82) is 0 Å². The third kappa shape index (κ3) is 4.25. The molecule has 1 atom stereocenters. The van der Waals surface area contributed by atoms with Gasteiger partial charge < -0.3 is 15.6 Å². The number of rotatable bonds is 4. The maximum atomic E-state index is 12.1. The first-order chi connectivity index (χ1) is 9.81. The summed E-state index contributed by atoms with van der Waals surface area (Å²) in [5, 5.41) is 9.12. The monoisotopic (exact) mass is 345 g/mol. The second-order valence-electron chi connectivity index (χ2n) is 5.73. The number of nitrogens with one attached hydrogen (secondary N) is 1. The van der Waals surface area contributed by atoms with E-state index < -0.39 is 0 Å². The Morgan fingerprint density at radius 2 is 2.14 bits per heavy atom. The van der Waals surface area contributed by atoms with E-state index >= 15 is 0 Å². The lowest BCUT2D eigenvalue weighted by Gasteiger charge is -2.11. The number of nitrogens with zero attached hydrogens (tertiary/aromatic N) is 3. The van der Waals surface area contributed by atoms with Gasteiger partial charge >= 0.3 is 0 Å². The van der Waals surface area contributed by atoms with Crippen LogP contribution >= 0.6 is 23.7 Å². The van der Waals surface area contributed by atoms with Crippen molar-refractivity contribution in [3.63, 3.8) is 0 Å². The smallest absolute Gasteiger partial charge is 0.271 e. The van der Waals surface area contributed by atoms with Crippen molar-refractivity contribution in [3.05, 3.63) is 27.8 Å². The lowest BCUT2D eigenvalue weighted by atomic mass is 9.96. The molecule has 0 spiro atoms. The largest absolute Gasteiger partial charge is 0.339 e. The second kappa shape index (κ2) is 7.17. The third-order valence-electron chi connectivity index (χ3n) is 2.79. The van der Waals surface area contributed by atoms with E-state index in [0.29, 0.717) is 24.0 Å². The number of halogens is 1. The van der Waals surface area contributed by atoms with Gasteiger partial charge in [-0.2, -0.15) is 4.98 Å². The predicted octanol–water partition coefficient (Wildman–Crippen LogP) is 2.20. The van der Waals surface area contributed by atoms with E-state index in [2.05, 4.69) is 20.4 Å². The molecule has 9 heteroatoms. The Kier molecular flexibility index (Phi) is 6.04. The SMILES string of the molecule is CC(NC(=O)c1csc(CN)n1)c1nc(C(C)(C)C)no1.Cl. The normalized spacial score (nSPS) is 12.6. The summed E-state index contributed by atoms with van der Waals surface area (Å²) >= 11 is 1.36. The predicted molar refractivity (Wildman–Crippen MR) is 86.1 cm³/mol. The molecule has 7 nitrogen and oxygen atoms in total. The van der Waals surface area contributed by atoms with Crippen LogP contribution in [0.4, 0.5) is 0 Å². The highest BCUT2D eigenvalue weighted by atomic mass is 35.5. The van der Waals surface area contributed by atoms with Crippen molar-refractivity contribution in [2.75, 3.05) is 0 Å². The topological polar surface area (TPSA) is 107 Å². The Morgan fingerprint density at radius 1 is 1.45 bits per heavy atom. The van der Waals surface area contributed by atoms with Crippen LogP contribution < -0.4 is 11.1 Å². The second-order valence-corrected chi connectivity index (χ2v) is 6.67. The molecule has 0 saturated heterocycles. The minimum Gasteiger partial charge on any atom is -0.339 e. The Hall–Kier alpha value is -1.51. The molecular formula is C13H20ClN5O2S. The van der Waals surface area contributed by atoms with Crippen molar-refractivity contribution in [2.24, 2.45) is 5.73 Å².